The van der Waals surface area contributed by atoms with Gasteiger partial charge in [-0.15, -0.1) is 0 Å². The number of methoxy groups -OCH3 is 2. The number of hydrogen-bond acceptors (Lipinski definition) is 3. The van der Waals surface area contributed by atoms with Gasteiger partial charge in [0.05, 0.1) is 19.6 Å². The average Bonchev–Trinajstić information content (AvgIpc) is 1.54. The van der Waals surface area contributed by atoms with E-state index in [1.165, 1.54) is 112 Å². The van der Waals surface area contributed by atoms with Crippen LogP contribution in [-0.4, -0.2) is 14.2 Å². The molecule has 0 unspecified atom stereocenters. The van der Waals surface area contributed by atoms with Gasteiger partial charge in [0.1, 0.15) is 11.5 Å². The topological polar surface area (TPSA) is 21.7 Å². The third-order valence-corrected chi connectivity index (χ3v) is 19.5. The molecule has 490 valence electrons. The Balaban J connectivity index is 0.000000306. The van der Waals surface area contributed by atoms with Crippen LogP contribution in [0.5, 0.6) is 11.5 Å². The summed E-state index contributed by atoms with van der Waals surface area (Å²) in [5, 5.41) is 0. The van der Waals surface area contributed by atoms with Crippen LogP contribution in [0.4, 0.5) is 17.1 Å². The first-order chi connectivity index (χ1) is 49.7. The highest BCUT2D eigenvalue weighted by Gasteiger charge is 2.47. The lowest BCUT2D eigenvalue weighted by atomic mass is 9.67. The summed E-state index contributed by atoms with van der Waals surface area (Å²) in [5.74, 6) is 1.60. The predicted molar refractivity (Wildman–Crippen MR) is 427 cm³/mol. The Kier molecular flexibility index (Phi) is 19.5. The largest absolute Gasteiger partial charge is 0.497 e. The number of anilines is 3. The van der Waals surface area contributed by atoms with Crippen LogP contribution in [-0.2, 0) is 5.41 Å². The highest BCUT2D eigenvalue weighted by molar-refractivity contribution is 6.05. The molecule has 1 aliphatic carbocycles. The summed E-state index contributed by atoms with van der Waals surface area (Å²) in [5.41, 5.74) is 32.2. The summed E-state index contributed by atoms with van der Waals surface area (Å²) in [4.78, 5) is 2.29. The van der Waals surface area contributed by atoms with Crippen molar-refractivity contribution in [3.05, 3.63) is 403 Å². The summed E-state index contributed by atoms with van der Waals surface area (Å²) in [6.45, 7) is 10.4. The fraction of sp³-hybridized carbons (Fsp3) is 0.0816. The molecule has 3 heteroatoms. The number of nitrogens with zero attached hydrogens (tertiary/aromatic N) is 1. The van der Waals surface area contributed by atoms with Gasteiger partial charge >= 0.3 is 0 Å². The first-order valence-electron chi connectivity index (χ1n) is 35.0. The van der Waals surface area contributed by atoms with Crippen LogP contribution in [0.15, 0.2) is 364 Å². The fourth-order valence-electron chi connectivity index (χ4n) is 14.7. The van der Waals surface area contributed by atoms with Crippen molar-refractivity contribution in [3.63, 3.8) is 0 Å². The van der Waals surface area contributed by atoms with E-state index in [1.54, 1.807) is 14.2 Å². The smallest absolute Gasteiger partial charge is 0.118 e. The molecule has 0 radical (unpaired) electrons. The van der Waals surface area contributed by atoms with Crippen molar-refractivity contribution in [2.24, 2.45) is 0 Å². The number of benzene rings is 15. The lowest BCUT2D eigenvalue weighted by molar-refractivity contribution is 0.414. The van der Waals surface area contributed by atoms with E-state index in [1.807, 2.05) is 13.8 Å². The Bertz CT molecular complexity index is 4890. The van der Waals surface area contributed by atoms with Crippen LogP contribution in [0.25, 0.3) is 100 Å². The zero-order valence-electron chi connectivity index (χ0n) is 58.4. The highest BCUT2D eigenvalue weighted by atomic mass is 16.5. The van der Waals surface area contributed by atoms with Gasteiger partial charge in [-0.05, 0) is 216 Å². The zero-order chi connectivity index (χ0) is 69.2. The second-order valence-electron chi connectivity index (χ2n) is 25.6. The van der Waals surface area contributed by atoms with E-state index >= 15 is 0 Å². The minimum absolute atomic E-state index is 0.801. The van der Waals surface area contributed by atoms with Crippen LogP contribution in [0.3, 0.4) is 0 Å². The molecule has 15 aromatic rings. The maximum Gasteiger partial charge on any atom is 0.118 e. The van der Waals surface area contributed by atoms with Crippen molar-refractivity contribution < 1.29 is 9.47 Å². The first-order valence-corrected chi connectivity index (χ1v) is 35.0. The Morgan fingerprint density at radius 1 is 0.228 bits per heavy atom. The summed E-state index contributed by atoms with van der Waals surface area (Å²) >= 11 is 0. The maximum absolute atomic E-state index is 5.89. The Labute approximate surface area is 596 Å². The van der Waals surface area contributed by atoms with Gasteiger partial charge in [-0.25, -0.2) is 0 Å². The molecular weight excluding hydrogens is 1220 g/mol. The third-order valence-electron chi connectivity index (χ3n) is 19.5. The average molecular weight is 1300 g/mol. The summed E-state index contributed by atoms with van der Waals surface area (Å²) in [6, 6.07) is 132. The Morgan fingerprint density at radius 3 is 0.723 bits per heavy atom. The standard InChI is InChI=1S/C75H54O2.C21H21N.C2H6/c1-76-61-39-35-59(36-40-61)75(60-37-41-62(77-2)42-38-60)69-49-57(73-65(53-25-13-5-14-26-53)47-45-63(51-21-9-3-10-22-51)71(73)55-29-17-7-18-30-55)33-43-67(69)68-44-34-58(50-70(68)75)74-66(54-27-15-6-16-28-54)48-46-64(52-23-11-4-12-24-52)72(74)56-31-19-8-20-32-56;1-16-4-10-19(11-5-16)22(20-12-6-17(2)7-13-20)21-14-8-18(3)9-15-21;1-2/h3-50H,1-2H3;4-15H,1-3H3;1-2H3. The Morgan fingerprint density at radius 2 is 0.465 bits per heavy atom. The van der Waals surface area contributed by atoms with Crippen molar-refractivity contribution in [1.82, 2.24) is 0 Å². The van der Waals surface area contributed by atoms with E-state index in [4.69, 9.17) is 9.47 Å². The summed E-state index contributed by atoms with van der Waals surface area (Å²) in [6.07, 6.45) is 0. The van der Waals surface area contributed by atoms with E-state index in [0.717, 1.165) is 56.0 Å². The van der Waals surface area contributed by atoms with E-state index in [-0.39, 0.29) is 0 Å². The summed E-state index contributed by atoms with van der Waals surface area (Å²) in [7, 11) is 3.48. The van der Waals surface area contributed by atoms with E-state index < -0.39 is 5.41 Å². The second kappa shape index (κ2) is 29.8. The molecule has 0 atom stereocenters. The van der Waals surface area contributed by atoms with Gasteiger partial charge in [0.15, 0.2) is 0 Å². The van der Waals surface area contributed by atoms with Crippen LogP contribution in [0.2, 0.25) is 0 Å². The van der Waals surface area contributed by atoms with Gasteiger partial charge in [-0.2, -0.15) is 0 Å². The third kappa shape index (κ3) is 13.1. The normalized spacial score (nSPS) is 11.6. The zero-order valence-corrected chi connectivity index (χ0v) is 58.4. The fourth-order valence-corrected chi connectivity index (χ4v) is 14.7. The van der Waals surface area contributed by atoms with E-state index in [0.29, 0.717) is 0 Å². The molecule has 0 aromatic heterocycles. The van der Waals surface area contributed by atoms with Crippen LogP contribution in [0.1, 0.15) is 52.8 Å². The predicted octanol–water partition coefficient (Wildman–Crippen LogP) is 26.5. The van der Waals surface area contributed by atoms with Gasteiger partial charge in [0, 0.05) is 17.1 Å². The van der Waals surface area contributed by atoms with E-state index in [2.05, 4.69) is 390 Å². The van der Waals surface area contributed by atoms with Crippen molar-refractivity contribution in [3.8, 4) is 112 Å². The molecule has 15 aromatic carbocycles. The highest BCUT2D eigenvalue weighted by Crippen LogP contribution is 2.60. The molecule has 0 saturated carbocycles. The van der Waals surface area contributed by atoms with Crippen molar-refractivity contribution in [2.45, 2.75) is 40.0 Å². The van der Waals surface area contributed by atoms with Gasteiger partial charge in [-0.1, -0.05) is 322 Å². The van der Waals surface area contributed by atoms with Crippen molar-refractivity contribution >= 4 is 17.1 Å². The first kappa shape index (κ1) is 66.0. The van der Waals surface area contributed by atoms with Gasteiger partial charge in [-0.3, -0.25) is 0 Å². The molecule has 101 heavy (non-hydrogen) atoms. The maximum atomic E-state index is 5.89. The van der Waals surface area contributed by atoms with Crippen LogP contribution < -0.4 is 14.4 Å². The Hall–Kier alpha value is -12.3. The van der Waals surface area contributed by atoms with Crippen molar-refractivity contribution in [2.75, 3.05) is 19.1 Å². The number of hydrogen-bond donors (Lipinski definition) is 0. The van der Waals surface area contributed by atoms with E-state index in [9.17, 15) is 0 Å². The SMILES string of the molecule is CC.COc1ccc(C2(c3ccc(OC)cc3)c3cc(-c4c(-c5ccccc5)ccc(-c5ccccc5)c4-c4ccccc4)ccc3-c3ccc(-c4c(-c5ccccc5)ccc(-c5ccccc5)c4-c4ccccc4)cc32)cc1.Cc1ccc(N(c2ccc(C)cc2)c2ccc(C)cc2)cc1. The second-order valence-corrected chi connectivity index (χ2v) is 25.6. The summed E-state index contributed by atoms with van der Waals surface area (Å²) < 4.78 is 11.8. The minimum Gasteiger partial charge on any atom is -0.497 e. The number of aryl methyl sites for hydroxylation is 3. The minimum atomic E-state index is -0.817. The van der Waals surface area contributed by atoms with Crippen LogP contribution in [0, 0.1) is 20.8 Å². The molecule has 0 spiro atoms. The number of fused-ring (bicyclic) bond motifs is 3. The van der Waals surface area contributed by atoms with Gasteiger partial charge < -0.3 is 14.4 Å². The van der Waals surface area contributed by atoms with Gasteiger partial charge in [0.2, 0.25) is 0 Å². The molecule has 0 heterocycles. The molecule has 0 amide bonds. The molecule has 0 fully saturated rings. The molecule has 3 nitrogen and oxygen atoms in total. The van der Waals surface area contributed by atoms with Gasteiger partial charge in [0.25, 0.3) is 0 Å². The molecule has 16 rings (SSSR count). The lowest BCUT2D eigenvalue weighted by Gasteiger charge is -2.35. The number of ether oxygens (including phenoxy) is 2. The molecule has 0 aliphatic heterocycles. The molecule has 0 saturated heterocycles. The molecule has 1 aliphatic rings. The molecule has 0 bridgehead atoms. The molecular formula is C98H81NO2. The monoisotopic (exact) mass is 1300 g/mol. The van der Waals surface area contributed by atoms with Crippen molar-refractivity contribution in [1.29, 1.82) is 0 Å². The number of rotatable bonds is 15. The molecule has 0 N–H and O–H groups in total. The van der Waals surface area contributed by atoms with Crippen LogP contribution >= 0.6 is 0 Å². The lowest BCUT2D eigenvalue weighted by Crippen LogP contribution is -2.28. The quantitative estimate of drug-likeness (QED) is 0.102.